The van der Waals surface area contributed by atoms with Crippen LogP contribution in [0.15, 0.2) is 29.5 Å². The van der Waals surface area contributed by atoms with E-state index in [1.165, 1.54) is 14.2 Å². The number of methoxy groups -OCH3 is 2. The summed E-state index contributed by atoms with van der Waals surface area (Å²) in [6.45, 7) is 0.0914. The molecule has 1 aromatic carbocycles. The number of carbonyl (C=O) groups is 2. The fourth-order valence-electron chi connectivity index (χ4n) is 2.48. The SMILES string of the molecule is COC(=O)C1=C(C(=O)OC)N(c2ccc3c(I)[nH]nc3c2)COC1. The molecule has 3 rings (SSSR count). The molecule has 0 aliphatic carbocycles. The minimum Gasteiger partial charge on any atom is -0.466 e. The molecule has 1 aliphatic heterocycles. The highest BCUT2D eigenvalue weighted by atomic mass is 127. The first kappa shape index (κ1) is 16.7. The van der Waals surface area contributed by atoms with Crippen molar-refractivity contribution in [2.24, 2.45) is 0 Å². The molecule has 0 saturated carbocycles. The van der Waals surface area contributed by atoms with Crippen LogP contribution in [0.5, 0.6) is 0 Å². The van der Waals surface area contributed by atoms with E-state index in [2.05, 4.69) is 32.8 Å². The van der Waals surface area contributed by atoms with Crippen molar-refractivity contribution in [2.45, 2.75) is 0 Å². The summed E-state index contributed by atoms with van der Waals surface area (Å²) in [6, 6.07) is 5.52. The molecule has 0 amide bonds. The van der Waals surface area contributed by atoms with Gasteiger partial charge in [0.25, 0.3) is 0 Å². The van der Waals surface area contributed by atoms with Crippen molar-refractivity contribution < 1.29 is 23.8 Å². The van der Waals surface area contributed by atoms with Crippen LogP contribution in [0.25, 0.3) is 10.9 Å². The fraction of sp³-hybridized carbons (Fsp3) is 0.267. The van der Waals surface area contributed by atoms with Gasteiger partial charge in [-0.15, -0.1) is 0 Å². The Bertz CT molecular complexity index is 845. The van der Waals surface area contributed by atoms with Gasteiger partial charge in [0.05, 0.1) is 31.9 Å². The van der Waals surface area contributed by atoms with Gasteiger partial charge in [0, 0.05) is 11.1 Å². The lowest BCUT2D eigenvalue weighted by Crippen LogP contribution is -2.38. The number of fused-ring (bicyclic) bond motifs is 1. The first-order valence-electron chi connectivity index (χ1n) is 6.95. The number of nitrogens with one attached hydrogen (secondary N) is 1. The normalized spacial score (nSPS) is 14.9. The molecule has 24 heavy (non-hydrogen) atoms. The van der Waals surface area contributed by atoms with Gasteiger partial charge >= 0.3 is 11.9 Å². The lowest BCUT2D eigenvalue weighted by atomic mass is 10.1. The third-order valence-electron chi connectivity index (χ3n) is 3.64. The molecule has 1 N–H and O–H groups in total. The molecule has 2 aromatic rings. The average Bonchev–Trinajstić information content (AvgIpc) is 3.00. The number of ether oxygens (including phenoxy) is 3. The van der Waals surface area contributed by atoms with Crippen molar-refractivity contribution in [3.05, 3.63) is 33.2 Å². The van der Waals surface area contributed by atoms with Crippen molar-refractivity contribution >= 4 is 51.1 Å². The van der Waals surface area contributed by atoms with Crippen molar-refractivity contribution in [3.63, 3.8) is 0 Å². The standard InChI is InChI=1S/C15H14IN3O5/c1-22-14(20)10-6-24-7-19(12(10)15(21)23-2)8-3-4-9-11(5-8)17-18-13(9)16/h3-5H,6-7H2,1-2H3,(H,17,18). The number of aromatic amines is 1. The lowest BCUT2D eigenvalue weighted by molar-refractivity contribution is -0.140. The van der Waals surface area contributed by atoms with E-state index in [4.69, 9.17) is 14.2 Å². The van der Waals surface area contributed by atoms with E-state index in [0.29, 0.717) is 5.69 Å². The molecule has 0 spiro atoms. The van der Waals surface area contributed by atoms with Crippen LogP contribution in [0, 0.1) is 3.70 Å². The molecule has 0 unspecified atom stereocenters. The van der Waals surface area contributed by atoms with E-state index < -0.39 is 11.9 Å². The summed E-state index contributed by atoms with van der Waals surface area (Å²) in [5.41, 5.74) is 1.63. The molecular formula is C15H14IN3O5. The number of esters is 2. The number of hydrogen-bond acceptors (Lipinski definition) is 7. The highest BCUT2D eigenvalue weighted by Crippen LogP contribution is 2.29. The Balaban J connectivity index is 2.11. The molecule has 8 nitrogen and oxygen atoms in total. The van der Waals surface area contributed by atoms with E-state index in [-0.39, 0.29) is 24.6 Å². The molecule has 0 bridgehead atoms. The predicted octanol–water partition coefficient (Wildman–Crippen LogP) is 1.56. The number of aromatic nitrogens is 2. The smallest absolute Gasteiger partial charge is 0.355 e. The molecular weight excluding hydrogens is 429 g/mol. The highest BCUT2D eigenvalue weighted by molar-refractivity contribution is 14.1. The summed E-state index contributed by atoms with van der Waals surface area (Å²) in [4.78, 5) is 25.8. The number of hydrogen-bond donors (Lipinski definition) is 1. The van der Waals surface area contributed by atoms with Crippen molar-refractivity contribution in [1.82, 2.24) is 10.2 Å². The second-order valence-electron chi connectivity index (χ2n) is 4.95. The Hall–Kier alpha value is -2.14. The zero-order chi connectivity index (χ0) is 17.3. The van der Waals surface area contributed by atoms with E-state index in [1.54, 1.807) is 11.0 Å². The molecule has 2 heterocycles. The molecule has 126 valence electrons. The molecule has 0 atom stereocenters. The van der Waals surface area contributed by atoms with Gasteiger partial charge in [-0.1, -0.05) is 0 Å². The third kappa shape index (κ3) is 2.84. The number of benzene rings is 1. The third-order valence-corrected chi connectivity index (χ3v) is 4.46. The molecule has 9 heteroatoms. The number of nitrogens with zero attached hydrogens (tertiary/aromatic N) is 2. The van der Waals surface area contributed by atoms with Gasteiger partial charge in [-0.05, 0) is 40.8 Å². The lowest BCUT2D eigenvalue weighted by Gasteiger charge is -2.31. The molecule has 0 radical (unpaired) electrons. The summed E-state index contributed by atoms with van der Waals surface area (Å²) in [7, 11) is 2.51. The van der Waals surface area contributed by atoms with E-state index in [9.17, 15) is 9.59 Å². The monoisotopic (exact) mass is 443 g/mol. The van der Waals surface area contributed by atoms with Crippen LogP contribution in [-0.2, 0) is 23.8 Å². The zero-order valence-electron chi connectivity index (χ0n) is 13.0. The maximum Gasteiger partial charge on any atom is 0.355 e. The van der Waals surface area contributed by atoms with Gasteiger partial charge in [0.2, 0.25) is 0 Å². The Labute approximate surface area is 150 Å². The van der Waals surface area contributed by atoms with Crippen LogP contribution < -0.4 is 4.90 Å². The van der Waals surface area contributed by atoms with E-state index in [1.807, 2.05) is 12.1 Å². The van der Waals surface area contributed by atoms with Crippen LogP contribution >= 0.6 is 22.6 Å². The van der Waals surface area contributed by atoms with Gasteiger partial charge < -0.3 is 19.1 Å². The van der Waals surface area contributed by atoms with Gasteiger partial charge in [0.15, 0.2) is 0 Å². The van der Waals surface area contributed by atoms with Gasteiger partial charge in [0.1, 0.15) is 16.1 Å². The highest BCUT2D eigenvalue weighted by Gasteiger charge is 2.32. The van der Waals surface area contributed by atoms with Gasteiger partial charge in [-0.3, -0.25) is 5.10 Å². The first-order chi connectivity index (χ1) is 11.6. The summed E-state index contributed by atoms with van der Waals surface area (Å²) >= 11 is 2.16. The van der Waals surface area contributed by atoms with Crippen LogP contribution in [0.1, 0.15) is 0 Å². The Morgan fingerprint density at radius 1 is 1.29 bits per heavy atom. The topological polar surface area (TPSA) is 93.8 Å². The van der Waals surface area contributed by atoms with Crippen LogP contribution in [0.4, 0.5) is 5.69 Å². The minimum atomic E-state index is -0.629. The Kier molecular flexibility index (Phi) is 4.71. The second-order valence-corrected chi connectivity index (χ2v) is 6.03. The second kappa shape index (κ2) is 6.77. The Morgan fingerprint density at radius 2 is 2.04 bits per heavy atom. The van der Waals surface area contributed by atoms with Gasteiger partial charge in [-0.2, -0.15) is 5.10 Å². The number of carbonyl (C=O) groups excluding carboxylic acids is 2. The largest absolute Gasteiger partial charge is 0.466 e. The van der Waals surface area contributed by atoms with Crippen LogP contribution in [0.3, 0.4) is 0 Å². The molecule has 0 fully saturated rings. The number of rotatable bonds is 3. The summed E-state index contributed by atoms with van der Waals surface area (Å²) in [5.74, 6) is -1.26. The van der Waals surface area contributed by atoms with Crippen LogP contribution in [0.2, 0.25) is 0 Å². The van der Waals surface area contributed by atoms with E-state index in [0.717, 1.165) is 14.6 Å². The molecule has 0 saturated heterocycles. The fourth-order valence-corrected chi connectivity index (χ4v) is 3.06. The average molecular weight is 443 g/mol. The zero-order valence-corrected chi connectivity index (χ0v) is 15.1. The van der Waals surface area contributed by atoms with Crippen molar-refractivity contribution in [1.29, 1.82) is 0 Å². The summed E-state index contributed by atoms with van der Waals surface area (Å²) in [6.07, 6.45) is 0. The summed E-state index contributed by atoms with van der Waals surface area (Å²) in [5, 5.41) is 8.07. The minimum absolute atomic E-state index is 0.0177. The maximum atomic E-state index is 12.2. The predicted molar refractivity (Wildman–Crippen MR) is 93.2 cm³/mol. The summed E-state index contributed by atoms with van der Waals surface area (Å²) < 4.78 is 15.9. The number of anilines is 1. The number of halogens is 1. The van der Waals surface area contributed by atoms with E-state index >= 15 is 0 Å². The quantitative estimate of drug-likeness (QED) is 0.569. The van der Waals surface area contributed by atoms with Crippen LogP contribution in [-0.4, -0.2) is 49.7 Å². The first-order valence-corrected chi connectivity index (χ1v) is 8.03. The number of H-pyrrole nitrogens is 1. The van der Waals surface area contributed by atoms with Crippen molar-refractivity contribution in [2.75, 3.05) is 32.5 Å². The molecule has 1 aromatic heterocycles. The molecule has 1 aliphatic rings. The maximum absolute atomic E-state index is 12.2. The van der Waals surface area contributed by atoms with Crippen molar-refractivity contribution in [3.8, 4) is 0 Å². The van der Waals surface area contributed by atoms with Gasteiger partial charge in [-0.25, -0.2) is 9.59 Å². The Morgan fingerprint density at radius 3 is 2.75 bits per heavy atom.